The lowest BCUT2D eigenvalue weighted by Crippen LogP contribution is -2.02. The molecule has 0 unspecified atom stereocenters. The summed E-state index contributed by atoms with van der Waals surface area (Å²) in [5.41, 5.74) is 1.17. The van der Waals surface area contributed by atoms with Gasteiger partial charge in [-0.15, -0.1) is 0 Å². The van der Waals surface area contributed by atoms with Gasteiger partial charge in [-0.25, -0.2) is 0 Å². The van der Waals surface area contributed by atoms with Crippen LogP contribution in [0.2, 0.25) is 5.02 Å². The second-order valence-corrected chi connectivity index (χ2v) is 3.78. The molecule has 0 aliphatic heterocycles. The highest BCUT2D eigenvalue weighted by molar-refractivity contribution is 6.33. The van der Waals surface area contributed by atoms with Gasteiger partial charge in [0.25, 0.3) is 5.69 Å². The predicted octanol–water partition coefficient (Wildman–Crippen LogP) is 3.45. The van der Waals surface area contributed by atoms with Crippen molar-refractivity contribution in [3.05, 3.63) is 57.5 Å². The number of rotatable bonds is 4. The third-order valence-corrected chi connectivity index (χ3v) is 2.55. The van der Waals surface area contributed by atoms with Gasteiger partial charge in [-0.2, -0.15) is 0 Å². The lowest BCUT2D eigenvalue weighted by Gasteiger charge is -2.07. The third kappa shape index (κ3) is 2.57. The molecule has 0 radical (unpaired) electrons. The van der Waals surface area contributed by atoms with Crippen molar-refractivity contribution in [2.45, 2.75) is 6.54 Å². The molecule has 2 rings (SSSR count). The molecule has 2 aromatic rings. The second kappa shape index (κ2) is 4.88. The van der Waals surface area contributed by atoms with Crippen LogP contribution < -0.4 is 5.32 Å². The van der Waals surface area contributed by atoms with Crippen LogP contribution in [0.25, 0.3) is 0 Å². The molecule has 6 heteroatoms. The summed E-state index contributed by atoms with van der Waals surface area (Å²) in [6.45, 7) is 0.418. The van der Waals surface area contributed by atoms with Crippen LogP contribution in [0.15, 0.2) is 41.2 Å². The second-order valence-electron chi connectivity index (χ2n) is 3.38. The first-order chi connectivity index (χ1) is 8.18. The molecular formula is C11H9ClN2O3. The Bertz CT molecular complexity index is 526. The Morgan fingerprint density at radius 2 is 2.24 bits per heavy atom. The van der Waals surface area contributed by atoms with Crippen molar-refractivity contribution in [1.82, 2.24) is 0 Å². The normalized spacial score (nSPS) is 10.2. The Morgan fingerprint density at radius 1 is 1.41 bits per heavy atom. The number of hydrogen-bond acceptors (Lipinski definition) is 4. The van der Waals surface area contributed by atoms with E-state index < -0.39 is 4.92 Å². The van der Waals surface area contributed by atoms with Crippen molar-refractivity contribution in [3.63, 3.8) is 0 Å². The zero-order valence-electron chi connectivity index (χ0n) is 8.72. The molecule has 1 aromatic heterocycles. The molecule has 0 aliphatic rings. The molecule has 5 nitrogen and oxygen atoms in total. The van der Waals surface area contributed by atoms with E-state index in [1.807, 2.05) is 0 Å². The van der Waals surface area contributed by atoms with Crippen LogP contribution in [-0.2, 0) is 6.54 Å². The average Bonchev–Trinajstić information content (AvgIpc) is 2.80. The lowest BCUT2D eigenvalue weighted by molar-refractivity contribution is -0.383. The van der Waals surface area contributed by atoms with Crippen LogP contribution in [0.3, 0.4) is 0 Å². The first-order valence-electron chi connectivity index (χ1n) is 4.86. The Hall–Kier alpha value is -2.01. The van der Waals surface area contributed by atoms with Crippen LogP contribution in [0.4, 0.5) is 11.4 Å². The molecule has 0 saturated heterocycles. The molecule has 17 heavy (non-hydrogen) atoms. The van der Waals surface area contributed by atoms with Gasteiger partial charge in [-0.1, -0.05) is 17.7 Å². The molecule has 0 spiro atoms. The number of para-hydroxylation sites is 1. The number of halogens is 1. The van der Waals surface area contributed by atoms with Gasteiger partial charge in [-0.05, 0) is 12.1 Å². The summed E-state index contributed by atoms with van der Waals surface area (Å²) in [7, 11) is 0. The van der Waals surface area contributed by atoms with Crippen LogP contribution in [0.1, 0.15) is 5.56 Å². The molecule has 1 N–H and O–H groups in total. The number of nitro benzene ring substituents is 1. The maximum Gasteiger partial charge on any atom is 0.293 e. The van der Waals surface area contributed by atoms with Gasteiger partial charge >= 0.3 is 0 Å². The third-order valence-electron chi connectivity index (χ3n) is 2.24. The minimum absolute atomic E-state index is 0.0407. The topological polar surface area (TPSA) is 68.3 Å². The van der Waals surface area contributed by atoms with Crippen LogP contribution >= 0.6 is 11.6 Å². The SMILES string of the molecule is O=[N+]([O-])c1cccc(Cl)c1NCc1ccoc1. The highest BCUT2D eigenvalue weighted by Gasteiger charge is 2.16. The van der Waals surface area contributed by atoms with E-state index in [9.17, 15) is 10.1 Å². The maximum absolute atomic E-state index is 10.8. The van der Waals surface area contributed by atoms with Gasteiger partial charge in [0, 0.05) is 18.2 Å². The summed E-state index contributed by atoms with van der Waals surface area (Å²) >= 11 is 5.92. The minimum Gasteiger partial charge on any atom is -0.472 e. The number of nitrogens with zero attached hydrogens (tertiary/aromatic N) is 1. The summed E-state index contributed by atoms with van der Waals surface area (Å²) in [6.07, 6.45) is 3.10. The van der Waals surface area contributed by atoms with Gasteiger partial charge in [0.15, 0.2) is 0 Å². The summed E-state index contributed by atoms with van der Waals surface area (Å²) in [5, 5.41) is 14.1. The van der Waals surface area contributed by atoms with Crippen molar-refractivity contribution < 1.29 is 9.34 Å². The van der Waals surface area contributed by atoms with E-state index in [0.717, 1.165) is 5.56 Å². The molecule has 1 aromatic carbocycles. The van der Waals surface area contributed by atoms with Gasteiger partial charge in [0.05, 0.1) is 22.5 Å². The van der Waals surface area contributed by atoms with Gasteiger partial charge in [0.1, 0.15) is 5.69 Å². The fourth-order valence-corrected chi connectivity index (χ4v) is 1.66. The highest BCUT2D eigenvalue weighted by Crippen LogP contribution is 2.32. The number of nitro groups is 1. The lowest BCUT2D eigenvalue weighted by atomic mass is 10.2. The molecule has 0 amide bonds. The molecule has 0 fully saturated rings. The molecule has 0 aliphatic carbocycles. The molecule has 0 bridgehead atoms. The molecule has 0 atom stereocenters. The van der Waals surface area contributed by atoms with Crippen molar-refractivity contribution in [3.8, 4) is 0 Å². The van der Waals surface area contributed by atoms with Crippen molar-refractivity contribution >= 4 is 23.0 Å². The quantitative estimate of drug-likeness (QED) is 0.668. The Balaban J connectivity index is 2.22. The van der Waals surface area contributed by atoms with E-state index in [0.29, 0.717) is 17.3 Å². The number of furan rings is 1. The minimum atomic E-state index is -0.469. The van der Waals surface area contributed by atoms with E-state index in [2.05, 4.69) is 5.32 Å². The molecule has 1 heterocycles. The summed E-state index contributed by atoms with van der Waals surface area (Å²) < 4.78 is 4.90. The van der Waals surface area contributed by atoms with Crippen molar-refractivity contribution in [2.24, 2.45) is 0 Å². The first-order valence-corrected chi connectivity index (χ1v) is 5.24. The van der Waals surface area contributed by atoms with E-state index in [1.54, 1.807) is 24.5 Å². The fourth-order valence-electron chi connectivity index (χ4n) is 1.42. The average molecular weight is 253 g/mol. The maximum atomic E-state index is 10.8. The molecule has 88 valence electrons. The Labute approximate surface area is 102 Å². The first kappa shape index (κ1) is 11.5. The number of hydrogen-bond donors (Lipinski definition) is 1. The zero-order valence-corrected chi connectivity index (χ0v) is 9.48. The fraction of sp³-hybridized carbons (Fsp3) is 0.0909. The Morgan fingerprint density at radius 3 is 2.88 bits per heavy atom. The number of anilines is 1. The number of nitrogens with one attached hydrogen (secondary N) is 1. The smallest absolute Gasteiger partial charge is 0.293 e. The number of benzene rings is 1. The van der Waals surface area contributed by atoms with Gasteiger partial charge < -0.3 is 9.73 Å². The molecular weight excluding hydrogens is 244 g/mol. The standard InChI is InChI=1S/C11H9ClN2O3/c12-9-2-1-3-10(14(15)16)11(9)13-6-8-4-5-17-7-8/h1-5,7,13H,6H2. The van der Waals surface area contributed by atoms with Gasteiger partial charge in [-0.3, -0.25) is 10.1 Å². The van der Waals surface area contributed by atoms with E-state index in [4.69, 9.17) is 16.0 Å². The Kier molecular flexibility index (Phi) is 3.30. The van der Waals surface area contributed by atoms with Crippen LogP contribution in [0.5, 0.6) is 0 Å². The highest BCUT2D eigenvalue weighted by atomic mass is 35.5. The van der Waals surface area contributed by atoms with Gasteiger partial charge in [0.2, 0.25) is 0 Å². The van der Waals surface area contributed by atoms with Crippen LogP contribution in [-0.4, -0.2) is 4.92 Å². The van der Waals surface area contributed by atoms with E-state index in [1.165, 1.54) is 12.3 Å². The monoisotopic (exact) mass is 252 g/mol. The van der Waals surface area contributed by atoms with Crippen molar-refractivity contribution in [1.29, 1.82) is 0 Å². The van der Waals surface area contributed by atoms with Crippen molar-refractivity contribution in [2.75, 3.05) is 5.32 Å². The predicted molar refractivity (Wildman–Crippen MR) is 64.1 cm³/mol. The summed E-state index contributed by atoms with van der Waals surface area (Å²) in [5.74, 6) is 0. The molecule has 0 saturated carbocycles. The van der Waals surface area contributed by atoms with Crippen LogP contribution in [0, 0.1) is 10.1 Å². The van der Waals surface area contributed by atoms with E-state index >= 15 is 0 Å². The summed E-state index contributed by atoms with van der Waals surface area (Å²) in [6, 6.07) is 6.33. The largest absolute Gasteiger partial charge is 0.472 e. The zero-order chi connectivity index (χ0) is 12.3. The van der Waals surface area contributed by atoms with E-state index in [-0.39, 0.29) is 5.69 Å². The summed E-state index contributed by atoms with van der Waals surface area (Å²) in [4.78, 5) is 10.4.